The number of carboxylic acid groups (broad SMARTS) is 1. The standard InChI is InChI=1S/C20H20F3NO2/c21-20(22,23)17-7-5-14(6-8-17)13-24-10-9-15(12-19(25)26)11-16-3-1-2-4-18(16)24/h1-8,15H,9-13H2,(H,25,26). The fourth-order valence-electron chi connectivity index (χ4n) is 3.47. The van der Waals surface area contributed by atoms with E-state index in [1.165, 1.54) is 12.1 Å². The Morgan fingerprint density at radius 1 is 1.12 bits per heavy atom. The molecule has 0 amide bonds. The quantitative estimate of drug-likeness (QED) is 0.852. The summed E-state index contributed by atoms with van der Waals surface area (Å²) in [5.41, 5.74) is 2.26. The van der Waals surface area contributed by atoms with Gasteiger partial charge in [0.1, 0.15) is 0 Å². The van der Waals surface area contributed by atoms with Gasteiger partial charge in [0.15, 0.2) is 0 Å². The van der Waals surface area contributed by atoms with Gasteiger partial charge in [-0.05, 0) is 48.1 Å². The minimum absolute atomic E-state index is 0.0613. The third-order valence-electron chi connectivity index (χ3n) is 4.77. The van der Waals surface area contributed by atoms with Crippen LogP contribution in [0.1, 0.15) is 29.5 Å². The van der Waals surface area contributed by atoms with Crippen molar-refractivity contribution in [3.05, 3.63) is 65.2 Å². The smallest absolute Gasteiger partial charge is 0.416 e. The molecule has 0 saturated carbocycles. The Kier molecular flexibility index (Phi) is 5.20. The minimum atomic E-state index is -4.34. The number of halogens is 3. The van der Waals surface area contributed by atoms with Crippen LogP contribution in [-0.2, 0) is 23.9 Å². The number of hydrogen-bond acceptors (Lipinski definition) is 2. The van der Waals surface area contributed by atoms with E-state index < -0.39 is 17.7 Å². The predicted molar refractivity (Wildman–Crippen MR) is 93.0 cm³/mol. The molecule has 0 aliphatic carbocycles. The van der Waals surface area contributed by atoms with E-state index in [-0.39, 0.29) is 12.3 Å². The molecule has 1 N–H and O–H groups in total. The number of fused-ring (bicyclic) bond motifs is 1. The van der Waals surface area contributed by atoms with Crippen molar-refractivity contribution in [1.29, 1.82) is 0 Å². The maximum atomic E-state index is 12.7. The van der Waals surface area contributed by atoms with E-state index in [0.29, 0.717) is 19.5 Å². The number of alkyl halides is 3. The van der Waals surface area contributed by atoms with Crippen molar-refractivity contribution in [3.63, 3.8) is 0 Å². The highest BCUT2D eigenvalue weighted by Crippen LogP contribution is 2.32. The van der Waals surface area contributed by atoms with Crippen LogP contribution in [0.3, 0.4) is 0 Å². The summed E-state index contributed by atoms with van der Waals surface area (Å²) in [6.07, 6.45) is -2.77. The molecule has 2 aromatic rings. The van der Waals surface area contributed by atoms with Crippen LogP contribution in [0.25, 0.3) is 0 Å². The summed E-state index contributed by atoms with van der Waals surface area (Å²) < 4.78 is 38.2. The number of hydrogen-bond donors (Lipinski definition) is 1. The molecule has 1 aliphatic heterocycles. The van der Waals surface area contributed by atoms with Gasteiger partial charge in [-0.2, -0.15) is 13.2 Å². The molecule has 26 heavy (non-hydrogen) atoms. The number of benzene rings is 2. The Bertz CT molecular complexity index is 771. The SMILES string of the molecule is O=C(O)CC1CCN(Cc2ccc(C(F)(F)F)cc2)c2ccccc2C1. The van der Waals surface area contributed by atoms with Gasteiger partial charge in [0, 0.05) is 25.2 Å². The van der Waals surface area contributed by atoms with Gasteiger partial charge in [0.2, 0.25) is 0 Å². The van der Waals surface area contributed by atoms with Crippen LogP contribution >= 0.6 is 0 Å². The van der Waals surface area contributed by atoms with E-state index in [1.807, 2.05) is 24.3 Å². The zero-order chi connectivity index (χ0) is 18.7. The number of rotatable bonds is 4. The average Bonchev–Trinajstić information content (AvgIpc) is 2.74. The van der Waals surface area contributed by atoms with Crippen LogP contribution in [-0.4, -0.2) is 17.6 Å². The van der Waals surface area contributed by atoms with Crippen molar-refractivity contribution in [2.75, 3.05) is 11.4 Å². The molecule has 3 nitrogen and oxygen atoms in total. The first-order valence-electron chi connectivity index (χ1n) is 8.53. The van der Waals surface area contributed by atoms with Crippen LogP contribution in [0.5, 0.6) is 0 Å². The van der Waals surface area contributed by atoms with E-state index in [2.05, 4.69) is 4.90 Å². The molecule has 0 saturated heterocycles. The topological polar surface area (TPSA) is 40.5 Å². The molecule has 0 fully saturated rings. The minimum Gasteiger partial charge on any atom is -0.481 e. The van der Waals surface area contributed by atoms with Crippen molar-refractivity contribution < 1.29 is 23.1 Å². The van der Waals surface area contributed by atoms with Gasteiger partial charge in [0.05, 0.1) is 5.56 Å². The highest BCUT2D eigenvalue weighted by atomic mass is 19.4. The summed E-state index contributed by atoms with van der Waals surface area (Å²) in [7, 11) is 0. The maximum Gasteiger partial charge on any atom is 0.416 e. The second-order valence-corrected chi connectivity index (χ2v) is 6.70. The fourth-order valence-corrected chi connectivity index (χ4v) is 3.47. The molecule has 6 heteroatoms. The Balaban J connectivity index is 1.80. The van der Waals surface area contributed by atoms with E-state index in [0.717, 1.165) is 35.4 Å². The molecular weight excluding hydrogens is 343 g/mol. The van der Waals surface area contributed by atoms with Crippen LogP contribution in [0, 0.1) is 5.92 Å². The van der Waals surface area contributed by atoms with Crippen molar-refractivity contribution in [3.8, 4) is 0 Å². The Labute approximate surface area is 150 Å². The number of aliphatic carboxylic acids is 1. The number of anilines is 1. The Morgan fingerprint density at radius 3 is 2.46 bits per heavy atom. The molecule has 0 radical (unpaired) electrons. The van der Waals surface area contributed by atoms with E-state index in [9.17, 15) is 18.0 Å². The van der Waals surface area contributed by atoms with Gasteiger partial charge in [-0.15, -0.1) is 0 Å². The summed E-state index contributed by atoms with van der Waals surface area (Å²) in [5.74, 6) is -0.741. The third kappa shape index (κ3) is 4.36. The molecule has 0 bridgehead atoms. The first-order chi connectivity index (χ1) is 12.3. The first-order valence-corrected chi connectivity index (χ1v) is 8.53. The number of para-hydroxylation sites is 1. The van der Waals surface area contributed by atoms with E-state index in [4.69, 9.17) is 5.11 Å². The zero-order valence-electron chi connectivity index (χ0n) is 14.2. The largest absolute Gasteiger partial charge is 0.481 e. The lowest BCUT2D eigenvalue weighted by molar-refractivity contribution is -0.138. The molecule has 1 atom stereocenters. The summed E-state index contributed by atoms with van der Waals surface area (Å²) in [6, 6.07) is 13.1. The lowest BCUT2D eigenvalue weighted by Gasteiger charge is -2.25. The second-order valence-electron chi connectivity index (χ2n) is 6.70. The molecule has 0 spiro atoms. The van der Waals surface area contributed by atoms with Gasteiger partial charge < -0.3 is 10.0 Å². The molecule has 1 heterocycles. The van der Waals surface area contributed by atoms with E-state index in [1.54, 1.807) is 0 Å². The van der Waals surface area contributed by atoms with Crippen molar-refractivity contribution in [1.82, 2.24) is 0 Å². The summed E-state index contributed by atoms with van der Waals surface area (Å²) >= 11 is 0. The first kappa shape index (κ1) is 18.3. The monoisotopic (exact) mass is 363 g/mol. The van der Waals surface area contributed by atoms with E-state index >= 15 is 0 Å². The zero-order valence-corrected chi connectivity index (χ0v) is 14.2. The highest BCUT2D eigenvalue weighted by Gasteiger charge is 2.30. The molecule has 1 aliphatic rings. The van der Waals surface area contributed by atoms with Crippen molar-refractivity contribution in [2.24, 2.45) is 5.92 Å². The predicted octanol–water partition coefficient (Wildman–Crippen LogP) is 4.75. The van der Waals surface area contributed by atoms with Crippen LogP contribution in [0.15, 0.2) is 48.5 Å². The lowest BCUT2D eigenvalue weighted by atomic mass is 9.94. The number of nitrogens with zero attached hydrogens (tertiary/aromatic N) is 1. The van der Waals surface area contributed by atoms with Crippen molar-refractivity contribution >= 4 is 11.7 Å². The van der Waals surface area contributed by atoms with Gasteiger partial charge in [-0.3, -0.25) is 4.79 Å². The third-order valence-corrected chi connectivity index (χ3v) is 4.77. The van der Waals surface area contributed by atoms with Gasteiger partial charge in [-0.1, -0.05) is 30.3 Å². The Morgan fingerprint density at radius 2 is 1.81 bits per heavy atom. The van der Waals surface area contributed by atoms with Crippen LogP contribution < -0.4 is 4.90 Å². The molecule has 0 aromatic heterocycles. The molecule has 3 rings (SSSR count). The summed E-state index contributed by atoms with van der Waals surface area (Å²) in [6.45, 7) is 1.17. The second kappa shape index (κ2) is 7.40. The molecule has 138 valence electrons. The summed E-state index contributed by atoms with van der Waals surface area (Å²) in [4.78, 5) is 13.2. The van der Waals surface area contributed by atoms with Gasteiger partial charge >= 0.3 is 12.1 Å². The molecule has 1 unspecified atom stereocenters. The summed E-state index contributed by atoms with van der Waals surface area (Å²) in [5, 5.41) is 9.09. The maximum absolute atomic E-state index is 12.7. The van der Waals surface area contributed by atoms with Gasteiger partial charge in [-0.25, -0.2) is 0 Å². The highest BCUT2D eigenvalue weighted by molar-refractivity contribution is 5.67. The molecule has 2 aromatic carbocycles. The fraction of sp³-hybridized carbons (Fsp3) is 0.350. The number of carbonyl (C=O) groups is 1. The van der Waals surface area contributed by atoms with Crippen LogP contribution in [0.4, 0.5) is 18.9 Å². The normalized spacial score (nSPS) is 17.5. The van der Waals surface area contributed by atoms with Gasteiger partial charge in [0.25, 0.3) is 0 Å². The number of carboxylic acids is 1. The lowest BCUT2D eigenvalue weighted by Crippen LogP contribution is -2.24. The van der Waals surface area contributed by atoms with Crippen LogP contribution in [0.2, 0.25) is 0 Å². The van der Waals surface area contributed by atoms with Crippen molar-refractivity contribution in [2.45, 2.75) is 32.0 Å². The average molecular weight is 363 g/mol. The molecular formula is C20H20F3NO2. The Hall–Kier alpha value is -2.50.